The van der Waals surface area contributed by atoms with Crippen LogP contribution in [0.25, 0.3) is 0 Å². The summed E-state index contributed by atoms with van der Waals surface area (Å²) in [5.41, 5.74) is 0. The second-order valence-electron chi connectivity index (χ2n) is 4.64. The van der Waals surface area contributed by atoms with Gasteiger partial charge in [0.15, 0.2) is 0 Å². The molecule has 84 valence electrons. The molecule has 0 aliphatic carbocycles. The molecule has 14 heavy (non-hydrogen) atoms. The molecule has 1 aliphatic heterocycles. The fourth-order valence-corrected chi connectivity index (χ4v) is 2.37. The van der Waals surface area contributed by atoms with E-state index in [1.165, 1.54) is 38.8 Å². The zero-order chi connectivity index (χ0) is 10.4. The Kier molecular flexibility index (Phi) is 5.49. The lowest BCUT2D eigenvalue weighted by atomic mass is 10.1. The molecule has 0 aromatic carbocycles. The maximum absolute atomic E-state index is 3.44. The van der Waals surface area contributed by atoms with Crippen molar-refractivity contribution in [3.05, 3.63) is 0 Å². The first-order valence-corrected chi connectivity index (χ1v) is 6.22. The van der Waals surface area contributed by atoms with Crippen LogP contribution < -0.4 is 5.32 Å². The molecule has 2 nitrogen and oxygen atoms in total. The minimum Gasteiger partial charge on any atom is -0.314 e. The summed E-state index contributed by atoms with van der Waals surface area (Å²) in [6, 6.07) is 1.50. The summed E-state index contributed by atoms with van der Waals surface area (Å²) in [5, 5.41) is 3.44. The van der Waals surface area contributed by atoms with E-state index in [-0.39, 0.29) is 0 Å². The molecule has 2 heteroatoms. The number of hydrogen-bond donors (Lipinski definition) is 1. The van der Waals surface area contributed by atoms with Crippen LogP contribution in [0.5, 0.6) is 0 Å². The molecule has 1 saturated heterocycles. The van der Waals surface area contributed by atoms with Gasteiger partial charge in [0.25, 0.3) is 0 Å². The van der Waals surface area contributed by atoms with Crippen molar-refractivity contribution < 1.29 is 0 Å². The third-order valence-corrected chi connectivity index (χ3v) is 3.34. The monoisotopic (exact) mass is 198 g/mol. The van der Waals surface area contributed by atoms with Crippen molar-refractivity contribution in [3.8, 4) is 0 Å². The Hall–Kier alpha value is -0.0800. The van der Waals surface area contributed by atoms with Gasteiger partial charge in [0, 0.05) is 31.7 Å². The molecule has 1 N–H and O–H groups in total. The highest BCUT2D eigenvalue weighted by molar-refractivity contribution is 4.80. The first-order valence-electron chi connectivity index (χ1n) is 6.22. The molecule has 0 aromatic rings. The van der Waals surface area contributed by atoms with E-state index in [9.17, 15) is 0 Å². The molecule has 0 unspecified atom stereocenters. The summed E-state index contributed by atoms with van der Waals surface area (Å²) < 4.78 is 0. The topological polar surface area (TPSA) is 15.3 Å². The van der Waals surface area contributed by atoms with E-state index in [1.807, 2.05) is 0 Å². The van der Waals surface area contributed by atoms with Crippen molar-refractivity contribution in [3.63, 3.8) is 0 Å². The van der Waals surface area contributed by atoms with Gasteiger partial charge in [-0.15, -0.1) is 0 Å². The van der Waals surface area contributed by atoms with Crippen LogP contribution >= 0.6 is 0 Å². The van der Waals surface area contributed by atoms with Gasteiger partial charge in [-0.25, -0.2) is 0 Å². The molecule has 1 rings (SSSR count). The smallest absolute Gasteiger partial charge is 0.0195 e. The highest BCUT2D eigenvalue weighted by Crippen LogP contribution is 2.13. The molecule has 0 radical (unpaired) electrons. The van der Waals surface area contributed by atoms with Gasteiger partial charge in [0.1, 0.15) is 0 Å². The summed E-state index contributed by atoms with van der Waals surface area (Å²) in [5.74, 6) is 0. The van der Waals surface area contributed by atoms with E-state index < -0.39 is 0 Å². The second-order valence-corrected chi connectivity index (χ2v) is 4.64. The van der Waals surface area contributed by atoms with Crippen LogP contribution in [-0.4, -0.2) is 36.6 Å². The Morgan fingerprint density at radius 2 is 2.21 bits per heavy atom. The van der Waals surface area contributed by atoms with Crippen molar-refractivity contribution in [2.45, 2.75) is 58.5 Å². The van der Waals surface area contributed by atoms with Crippen molar-refractivity contribution in [1.29, 1.82) is 0 Å². The fourth-order valence-electron chi connectivity index (χ4n) is 2.37. The Morgan fingerprint density at radius 1 is 1.43 bits per heavy atom. The lowest BCUT2D eigenvalue weighted by molar-refractivity contribution is 0.118. The summed E-state index contributed by atoms with van der Waals surface area (Å²) in [7, 11) is 0. The van der Waals surface area contributed by atoms with Gasteiger partial charge in [-0.05, 0) is 20.3 Å². The molecule has 0 aromatic heterocycles. The van der Waals surface area contributed by atoms with Gasteiger partial charge in [-0.2, -0.15) is 0 Å². The van der Waals surface area contributed by atoms with E-state index in [0.29, 0.717) is 0 Å². The Balaban J connectivity index is 2.23. The van der Waals surface area contributed by atoms with Crippen molar-refractivity contribution in [2.24, 2.45) is 0 Å². The van der Waals surface area contributed by atoms with E-state index in [2.05, 4.69) is 31.0 Å². The summed E-state index contributed by atoms with van der Waals surface area (Å²) in [6.45, 7) is 10.6. The number of hydrogen-bond acceptors (Lipinski definition) is 2. The van der Waals surface area contributed by atoms with Crippen molar-refractivity contribution >= 4 is 0 Å². The Bertz CT molecular complexity index is 147. The Morgan fingerprint density at radius 3 is 2.86 bits per heavy atom. The highest BCUT2D eigenvalue weighted by Gasteiger charge is 2.21. The summed E-state index contributed by atoms with van der Waals surface area (Å²) in [4.78, 5) is 2.66. The van der Waals surface area contributed by atoms with Crippen LogP contribution in [0.2, 0.25) is 0 Å². The van der Waals surface area contributed by atoms with Crippen molar-refractivity contribution in [1.82, 2.24) is 10.2 Å². The molecule has 1 fully saturated rings. The number of piperazine rings is 1. The predicted molar refractivity (Wildman–Crippen MR) is 62.6 cm³/mol. The standard InChI is InChI=1S/C12H26N2/c1-4-5-6-7-11(2)14-9-8-13-10-12(14)3/h11-13H,4-10H2,1-3H3/t11-,12+/m0/s1. The minimum absolute atomic E-state index is 0.723. The van der Waals surface area contributed by atoms with E-state index in [1.54, 1.807) is 0 Å². The maximum Gasteiger partial charge on any atom is 0.0195 e. The van der Waals surface area contributed by atoms with Gasteiger partial charge in [-0.3, -0.25) is 4.90 Å². The third kappa shape index (κ3) is 3.58. The normalized spacial score (nSPS) is 26.4. The molecule has 0 bridgehead atoms. The van der Waals surface area contributed by atoms with Crippen LogP contribution in [0.4, 0.5) is 0 Å². The SMILES string of the molecule is CCCCC[C@H](C)N1CCNC[C@H]1C. The molecular weight excluding hydrogens is 172 g/mol. The van der Waals surface area contributed by atoms with Crippen molar-refractivity contribution in [2.75, 3.05) is 19.6 Å². The minimum atomic E-state index is 0.723. The quantitative estimate of drug-likeness (QED) is 0.682. The third-order valence-electron chi connectivity index (χ3n) is 3.34. The first-order chi connectivity index (χ1) is 6.75. The lowest BCUT2D eigenvalue weighted by Gasteiger charge is -2.38. The first kappa shape index (κ1) is 12.0. The fraction of sp³-hybridized carbons (Fsp3) is 1.00. The summed E-state index contributed by atoms with van der Waals surface area (Å²) in [6.07, 6.45) is 5.50. The van der Waals surface area contributed by atoms with Gasteiger partial charge in [-0.1, -0.05) is 26.2 Å². The zero-order valence-corrected chi connectivity index (χ0v) is 10.1. The average molecular weight is 198 g/mol. The molecule has 1 heterocycles. The molecule has 2 atom stereocenters. The molecule has 0 spiro atoms. The number of unbranched alkanes of at least 4 members (excludes halogenated alkanes) is 2. The van der Waals surface area contributed by atoms with Gasteiger partial charge < -0.3 is 5.32 Å². The molecule has 0 amide bonds. The summed E-state index contributed by atoms with van der Waals surface area (Å²) >= 11 is 0. The van der Waals surface area contributed by atoms with Crippen LogP contribution in [-0.2, 0) is 0 Å². The highest BCUT2D eigenvalue weighted by atomic mass is 15.2. The van der Waals surface area contributed by atoms with Crippen LogP contribution in [0.1, 0.15) is 46.5 Å². The largest absolute Gasteiger partial charge is 0.314 e. The number of nitrogens with one attached hydrogen (secondary N) is 1. The second kappa shape index (κ2) is 6.41. The predicted octanol–water partition coefficient (Wildman–Crippen LogP) is 2.25. The van der Waals surface area contributed by atoms with Crippen LogP contribution in [0.15, 0.2) is 0 Å². The lowest BCUT2D eigenvalue weighted by Crippen LogP contribution is -2.53. The van der Waals surface area contributed by atoms with E-state index >= 15 is 0 Å². The van der Waals surface area contributed by atoms with Gasteiger partial charge >= 0.3 is 0 Å². The Labute approximate surface area is 89.1 Å². The molecular formula is C12H26N2. The average Bonchev–Trinajstić information content (AvgIpc) is 2.18. The number of nitrogens with zero attached hydrogens (tertiary/aromatic N) is 1. The molecule has 1 aliphatic rings. The van der Waals surface area contributed by atoms with Crippen LogP contribution in [0.3, 0.4) is 0 Å². The number of rotatable bonds is 5. The van der Waals surface area contributed by atoms with E-state index in [4.69, 9.17) is 0 Å². The zero-order valence-electron chi connectivity index (χ0n) is 10.1. The van der Waals surface area contributed by atoms with E-state index in [0.717, 1.165) is 18.6 Å². The van der Waals surface area contributed by atoms with Gasteiger partial charge in [0.2, 0.25) is 0 Å². The molecule has 0 saturated carbocycles. The van der Waals surface area contributed by atoms with Gasteiger partial charge in [0.05, 0.1) is 0 Å². The van der Waals surface area contributed by atoms with Crippen LogP contribution in [0, 0.1) is 0 Å². The maximum atomic E-state index is 3.44.